The van der Waals surface area contributed by atoms with Crippen LogP contribution in [0.5, 0.6) is 11.6 Å². The molecule has 1 aromatic heterocycles. The second-order valence-electron chi connectivity index (χ2n) is 6.50. The number of carboxylic acids is 2. The van der Waals surface area contributed by atoms with Gasteiger partial charge in [-0.1, -0.05) is 13.3 Å². The lowest BCUT2D eigenvalue weighted by Gasteiger charge is -2.04. The predicted octanol–water partition coefficient (Wildman–Crippen LogP) is 4.99. The van der Waals surface area contributed by atoms with Crippen LogP contribution >= 0.6 is 23.6 Å². The summed E-state index contributed by atoms with van der Waals surface area (Å²) in [7, 11) is 1.54. The molecule has 0 amide bonds. The van der Waals surface area contributed by atoms with Crippen LogP contribution in [0.1, 0.15) is 43.6 Å². The van der Waals surface area contributed by atoms with Gasteiger partial charge in [-0.2, -0.15) is 0 Å². The van der Waals surface area contributed by atoms with Crippen LogP contribution in [0, 0.1) is 3.95 Å². The Morgan fingerprint density at radius 1 is 1.29 bits per heavy atom. The number of thiazole rings is 1. The lowest BCUT2D eigenvalue weighted by molar-refractivity contribution is -0.137. The van der Waals surface area contributed by atoms with Gasteiger partial charge in [-0.3, -0.25) is 9.36 Å². The molecule has 3 rings (SSSR count). The van der Waals surface area contributed by atoms with Crippen molar-refractivity contribution in [2.75, 3.05) is 7.11 Å². The number of aromatic hydroxyl groups is 1. The number of aliphatic imine (C=N–C) groups is 1. The van der Waals surface area contributed by atoms with Crippen molar-refractivity contribution in [2.45, 2.75) is 39.7 Å². The average Bonchev–Trinajstić information content (AvgIpc) is 3.23. The van der Waals surface area contributed by atoms with Gasteiger partial charge in [-0.05, 0) is 43.8 Å². The SMILES string of the molecule is CCCCC(=O)O.CCn1c(O)c(/C=C2/C(C(=O)O)=Nc3cc(OC)ccc32)sc1=S. The molecule has 0 saturated carbocycles. The monoisotopic (exact) mass is 464 g/mol. The maximum atomic E-state index is 11.6. The number of hydrogen-bond donors (Lipinski definition) is 3. The van der Waals surface area contributed by atoms with E-state index in [-0.39, 0.29) is 11.6 Å². The summed E-state index contributed by atoms with van der Waals surface area (Å²) in [5.41, 5.74) is 1.57. The topological polar surface area (TPSA) is 121 Å². The van der Waals surface area contributed by atoms with Gasteiger partial charge in [-0.15, -0.1) is 11.3 Å². The van der Waals surface area contributed by atoms with E-state index in [1.807, 2.05) is 13.8 Å². The molecule has 0 unspecified atom stereocenters. The van der Waals surface area contributed by atoms with Gasteiger partial charge in [0, 0.05) is 30.2 Å². The third-order valence-corrected chi connectivity index (χ3v) is 5.80. The highest BCUT2D eigenvalue weighted by Gasteiger charge is 2.27. The fourth-order valence-corrected chi connectivity index (χ4v) is 4.20. The fraction of sp³-hybridized carbons (Fsp3) is 0.333. The molecular formula is C21H24N2O6S2. The van der Waals surface area contributed by atoms with Crippen LogP contribution in [0.15, 0.2) is 23.2 Å². The lowest BCUT2D eigenvalue weighted by atomic mass is 10.0. The first-order valence-electron chi connectivity index (χ1n) is 9.60. The molecule has 1 aliphatic heterocycles. The molecule has 0 fully saturated rings. The number of ether oxygens (including phenoxy) is 1. The van der Waals surface area contributed by atoms with Crippen molar-refractivity contribution >= 4 is 58.5 Å². The number of methoxy groups -OCH3 is 1. The van der Waals surface area contributed by atoms with Crippen LogP contribution in [0.4, 0.5) is 5.69 Å². The molecule has 0 atom stereocenters. The first kappa shape index (κ1) is 24.3. The average molecular weight is 465 g/mol. The van der Waals surface area contributed by atoms with E-state index >= 15 is 0 Å². The standard InChI is InChI=1S/C16H14N2O4S2.C5H10O2/c1-3-18-14(19)12(24-16(18)23)7-10-9-5-4-8(22-2)6-11(9)17-13(10)15(20)21;1-2-3-4-5(6)7/h4-7,19H,3H2,1-2H3,(H,20,21);2-4H2,1H3,(H,6,7)/b10-7+;. The summed E-state index contributed by atoms with van der Waals surface area (Å²) in [6.07, 6.45) is 3.70. The minimum Gasteiger partial charge on any atom is -0.497 e. The number of aromatic nitrogens is 1. The Morgan fingerprint density at radius 3 is 2.48 bits per heavy atom. The summed E-state index contributed by atoms with van der Waals surface area (Å²) in [5.74, 6) is -1.19. The van der Waals surface area contributed by atoms with Crippen molar-refractivity contribution in [3.63, 3.8) is 0 Å². The van der Waals surface area contributed by atoms with Crippen LogP contribution in [0.3, 0.4) is 0 Å². The van der Waals surface area contributed by atoms with E-state index in [9.17, 15) is 19.8 Å². The summed E-state index contributed by atoms with van der Waals surface area (Å²) >= 11 is 6.45. The molecule has 2 aromatic rings. The fourth-order valence-electron chi connectivity index (χ4n) is 2.82. The summed E-state index contributed by atoms with van der Waals surface area (Å²) in [4.78, 5) is 26.0. The molecule has 0 bridgehead atoms. The number of nitrogens with zero attached hydrogens (tertiary/aromatic N) is 2. The molecule has 8 nitrogen and oxygen atoms in total. The van der Waals surface area contributed by atoms with Crippen molar-refractivity contribution < 1.29 is 29.6 Å². The lowest BCUT2D eigenvalue weighted by Crippen LogP contribution is -2.11. The first-order chi connectivity index (χ1) is 14.7. The van der Waals surface area contributed by atoms with Crippen molar-refractivity contribution in [2.24, 2.45) is 4.99 Å². The third kappa shape index (κ3) is 5.80. The van der Waals surface area contributed by atoms with Crippen LogP contribution in [-0.2, 0) is 16.1 Å². The zero-order chi connectivity index (χ0) is 23.1. The Kier molecular flexibility index (Phi) is 8.52. The van der Waals surface area contributed by atoms with Crippen LogP contribution in [-0.4, -0.2) is 44.6 Å². The molecule has 31 heavy (non-hydrogen) atoms. The number of carbonyl (C=O) groups is 2. The zero-order valence-corrected chi connectivity index (χ0v) is 19.0. The number of aliphatic carboxylic acids is 2. The molecule has 0 saturated heterocycles. The summed E-state index contributed by atoms with van der Waals surface area (Å²) in [6.45, 7) is 4.39. The molecule has 3 N–H and O–H groups in total. The molecule has 2 heterocycles. The Bertz CT molecular complexity index is 1100. The number of benzene rings is 1. The van der Waals surface area contributed by atoms with Crippen LogP contribution in [0.25, 0.3) is 11.6 Å². The van der Waals surface area contributed by atoms with Gasteiger partial charge in [0.2, 0.25) is 5.88 Å². The number of unbranched alkanes of at least 4 members (excludes halogenated alkanes) is 1. The Labute approximate surface area is 188 Å². The molecule has 1 aromatic carbocycles. The van der Waals surface area contributed by atoms with Gasteiger partial charge < -0.3 is 20.1 Å². The number of rotatable bonds is 7. The van der Waals surface area contributed by atoms with E-state index in [4.69, 9.17) is 22.1 Å². The summed E-state index contributed by atoms with van der Waals surface area (Å²) in [6, 6.07) is 5.18. The molecule has 0 radical (unpaired) electrons. The van der Waals surface area contributed by atoms with E-state index in [0.717, 1.165) is 12.8 Å². The van der Waals surface area contributed by atoms with E-state index in [2.05, 4.69) is 4.99 Å². The number of fused-ring (bicyclic) bond motifs is 1. The Morgan fingerprint density at radius 2 is 2.00 bits per heavy atom. The van der Waals surface area contributed by atoms with E-state index in [0.29, 0.717) is 44.4 Å². The van der Waals surface area contributed by atoms with E-state index < -0.39 is 11.9 Å². The highest BCUT2D eigenvalue weighted by molar-refractivity contribution is 7.73. The molecule has 1 aliphatic rings. The first-order valence-corrected chi connectivity index (χ1v) is 10.8. The van der Waals surface area contributed by atoms with Gasteiger partial charge in [0.1, 0.15) is 5.75 Å². The highest BCUT2D eigenvalue weighted by atomic mass is 32.1. The van der Waals surface area contributed by atoms with Gasteiger partial charge >= 0.3 is 11.9 Å². The van der Waals surface area contributed by atoms with Crippen molar-refractivity contribution in [1.82, 2.24) is 4.57 Å². The summed E-state index contributed by atoms with van der Waals surface area (Å²) < 4.78 is 7.27. The molecule has 0 spiro atoms. The van der Waals surface area contributed by atoms with E-state index in [1.54, 1.807) is 28.8 Å². The highest BCUT2D eigenvalue weighted by Crippen LogP contribution is 2.40. The summed E-state index contributed by atoms with van der Waals surface area (Å²) in [5, 5.41) is 27.8. The zero-order valence-electron chi connectivity index (χ0n) is 17.4. The minimum atomic E-state index is -1.13. The van der Waals surface area contributed by atoms with Crippen LogP contribution in [0.2, 0.25) is 0 Å². The maximum absolute atomic E-state index is 11.6. The predicted molar refractivity (Wildman–Crippen MR) is 123 cm³/mol. The third-order valence-electron chi connectivity index (χ3n) is 4.41. The van der Waals surface area contributed by atoms with Gasteiger partial charge in [0.25, 0.3) is 0 Å². The van der Waals surface area contributed by atoms with E-state index in [1.165, 1.54) is 18.4 Å². The van der Waals surface area contributed by atoms with Gasteiger partial charge in [0.05, 0.1) is 17.7 Å². The maximum Gasteiger partial charge on any atom is 0.355 e. The van der Waals surface area contributed by atoms with Gasteiger partial charge in [-0.25, -0.2) is 9.79 Å². The molecule has 166 valence electrons. The molecule has 0 aliphatic carbocycles. The normalized spacial score (nSPS) is 13.3. The van der Waals surface area contributed by atoms with Crippen molar-refractivity contribution in [1.29, 1.82) is 0 Å². The number of carboxylic acid groups (broad SMARTS) is 2. The molecular weight excluding hydrogens is 440 g/mol. The quantitative estimate of drug-likeness (QED) is 0.494. The second-order valence-corrected chi connectivity index (χ2v) is 8.18. The van der Waals surface area contributed by atoms with Crippen molar-refractivity contribution in [3.8, 4) is 11.6 Å². The van der Waals surface area contributed by atoms with Crippen LogP contribution < -0.4 is 4.74 Å². The van der Waals surface area contributed by atoms with Gasteiger partial charge in [0.15, 0.2) is 9.67 Å². The molecule has 10 heteroatoms. The smallest absolute Gasteiger partial charge is 0.355 e. The van der Waals surface area contributed by atoms with Crippen molar-refractivity contribution in [3.05, 3.63) is 32.6 Å². The Hall–Kier alpha value is -2.98. The second kappa shape index (κ2) is 10.9. The Balaban J connectivity index is 0.000000423. The largest absolute Gasteiger partial charge is 0.497 e. The number of hydrogen-bond acceptors (Lipinski definition) is 7. The minimum absolute atomic E-state index is 0.0340.